The van der Waals surface area contributed by atoms with Gasteiger partial charge in [0.2, 0.25) is 11.8 Å². The maximum absolute atomic E-state index is 11.8. The van der Waals surface area contributed by atoms with E-state index in [-0.39, 0.29) is 17.9 Å². The highest BCUT2D eigenvalue weighted by Crippen LogP contribution is 2.18. The predicted octanol–water partition coefficient (Wildman–Crippen LogP) is 1.73. The fourth-order valence-electron chi connectivity index (χ4n) is 2.17. The first-order chi connectivity index (χ1) is 9.15. The topological polar surface area (TPSA) is 70.2 Å². The van der Waals surface area contributed by atoms with Gasteiger partial charge in [0.05, 0.1) is 0 Å². The van der Waals surface area contributed by atoms with Crippen LogP contribution in [0.15, 0.2) is 24.3 Å². The number of benzene rings is 1. The molecule has 1 aromatic rings. The Bertz CT molecular complexity index is 474. The van der Waals surface area contributed by atoms with Crippen LogP contribution in [0, 0.1) is 0 Å². The van der Waals surface area contributed by atoms with Crippen molar-refractivity contribution in [1.82, 2.24) is 5.32 Å². The van der Waals surface area contributed by atoms with Gasteiger partial charge in [0, 0.05) is 24.8 Å². The van der Waals surface area contributed by atoms with E-state index in [1.165, 1.54) is 6.92 Å². The Morgan fingerprint density at radius 2 is 2.11 bits per heavy atom. The van der Waals surface area contributed by atoms with Crippen molar-refractivity contribution in [3.8, 4) is 0 Å². The molecule has 3 N–H and O–H groups in total. The summed E-state index contributed by atoms with van der Waals surface area (Å²) in [5.74, 6) is -0.0632. The fourth-order valence-corrected chi connectivity index (χ4v) is 2.17. The second-order valence-electron chi connectivity index (χ2n) is 4.75. The molecule has 102 valence electrons. The molecule has 0 saturated carbocycles. The average molecular weight is 261 g/mol. The molecule has 0 radical (unpaired) electrons. The summed E-state index contributed by atoms with van der Waals surface area (Å²) < 4.78 is 0. The average Bonchev–Trinajstić information content (AvgIpc) is 2.55. The number of hydrogen-bond acceptors (Lipinski definition) is 3. The van der Waals surface area contributed by atoms with Gasteiger partial charge in [-0.05, 0) is 37.5 Å². The van der Waals surface area contributed by atoms with Gasteiger partial charge in [-0.3, -0.25) is 9.59 Å². The number of amides is 2. The lowest BCUT2D eigenvalue weighted by Crippen LogP contribution is -2.37. The second-order valence-corrected chi connectivity index (χ2v) is 4.75. The standard InChI is InChI=1S/C14H19N3O2/c1-10(18)16-11-5-4-6-12(9-11)17-13-7-2-3-8-15-14(13)19/h4-6,9,13,17H,2-3,7-8H2,1H3,(H,15,19)(H,16,18). The van der Waals surface area contributed by atoms with Crippen LogP contribution in [0.5, 0.6) is 0 Å². The van der Waals surface area contributed by atoms with Crippen molar-refractivity contribution in [1.29, 1.82) is 0 Å². The number of carbonyl (C=O) groups is 2. The van der Waals surface area contributed by atoms with Crippen molar-refractivity contribution < 1.29 is 9.59 Å². The first-order valence-electron chi connectivity index (χ1n) is 6.57. The fraction of sp³-hybridized carbons (Fsp3) is 0.429. The molecule has 2 rings (SSSR count). The summed E-state index contributed by atoms with van der Waals surface area (Å²) in [5.41, 5.74) is 1.57. The van der Waals surface area contributed by atoms with Gasteiger partial charge in [0.25, 0.3) is 0 Å². The van der Waals surface area contributed by atoms with E-state index in [2.05, 4.69) is 16.0 Å². The Morgan fingerprint density at radius 1 is 1.32 bits per heavy atom. The summed E-state index contributed by atoms with van der Waals surface area (Å²) in [5, 5.41) is 8.84. The predicted molar refractivity (Wildman–Crippen MR) is 75.0 cm³/mol. The van der Waals surface area contributed by atoms with Crippen LogP contribution in [0.25, 0.3) is 0 Å². The maximum atomic E-state index is 11.8. The van der Waals surface area contributed by atoms with Crippen LogP contribution in [0.2, 0.25) is 0 Å². The van der Waals surface area contributed by atoms with Crippen LogP contribution >= 0.6 is 0 Å². The van der Waals surface area contributed by atoms with Crippen molar-refractivity contribution in [2.24, 2.45) is 0 Å². The Kier molecular flexibility index (Phi) is 4.39. The van der Waals surface area contributed by atoms with E-state index in [9.17, 15) is 9.59 Å². The Labute approximate surface area is 112 Å². The number of nitrogens with one attached hydrogen (secondary N) is 3. The van der Waals surface area contributed by atoms with Crippen LogP contribution in [-0.4, -0.2) is 24.4 Å². The summed E-state index contributed by atoms with van der Waals surface area (Å²) in [6, 6.07) is 7.19. The highest BCUT2D eigenvalue weighted by atomic mass is 16.2. The van der Waals surface area contributed by atoms with E-state index < -0.39 is 0 Å². The minimum absolute atomic E-state index is 0.0439. The third-order valence-corrected chi connectivity index (χ3v) is 3.06. The SMILES string of the molecule is CC(=O)Nc1cccc(NC2CCCCNC2=O)c1. The quantitative estimate of drug-likeness (QED) is 0.776. The molecule has 1 atom stereocenters. The largest absolute Gasteiger partial charge is 0.374 e. The molecule has 1 fully saturated rings. The molecular weight excluding hydrogens is 242 g/mol. The van der Waals surface area contributed by atoms with Gasteiger partial charge in [-0.2, -0.15) is 0 Å². The third-order valence-electron chi connectivity index (χ3n) is 3.06. The van der Waals surface area contributed by atoms with Gasteiger partial charge in [-0.25, -0.2) is 0 Å². The second kappa shape index (κ2) is 6.22. The Morgan fingerprint density at radius 3 is 2.89 bits per heavy atom. The molecule has 5 nitrogen and oxygen atoms in total. The number of rotatable bonds is 3. The van der Waals surface area contributed by atoms with Gasteiger partial charge >= 0.3 is 0 Å². The maximum Gasteiger partial charge on any atom is 0.242 e. The van der Waals surface area contributed by atoms with Gasteiger partial charge in [-0.1, -0.05) is 6.07 Å². The molecule has 1 unspecified atom stereocenters. The van der Waals surface area contributed by atoms with E-state index in [0.29, 0.717) is 0 Å². The molecule has 0 aromatic heterocycles. The zero-order chi connectivity index (χ0) is 13.7. The van der Waals surface area contributed by atoms with Crippen LogP contribution < -0.4 is 16.0 Å². The molecule has 1 heterocycles. The smallest absolute Gasteiger partial charge is 0.242 e. The number of anilines is 2. The molecule has 1 saturated heterocycles. The molecule has 2 amide bonds. The lowest BCUT2D eigenvalue weighted by Gasteiger charge is -2.17. The van der Waals surface area contributed by atoms with E-state index in [0.717, 1.165) is 37.2 Å². The summed E-state index contributed by atoms with van der Waals surface area (Å²) in [6.45, 7) is 2.22. The minimum atomic E-state index is -0.199. The molecule has 0 bridgehead atoms. The number of hydrogen-bond donors (Lipinski definition) is 3. The molecule has 0 spiro atoms. The lowest BCUT2D eigenvalue weighted by atomic mass is 10.1. The summed E-state index contributed by atoms with van der Waals surface area (Å²) in [7, 11) is 0. The minimum Gasteiger partial charge on any atom is -0.374 e. The van der Waals surface area contributed by atoms with Gasteiger partial charge < -0.3 is 16.0 Å². The lowest BCUT2D eigenvalue weighted by molar-refractivity contribution is -0.121. The zero-order valence-corrected chi connectivity index (χ0v) is 11.0. The van der Waals surface area contributed by atoms with E-state index in [4.69, 9.17) is 0 Å². The molecule has 1 aromatic carbocycles. The molecule has 19 heavy (non-hydrogen) atoms. The van der Waals surface area contributed by atoms with Crippen LogP contribution in [0.1, 0.15) is 26.2 Å². The van der Waals surface area contributed by atoms with Crippen molar-refractivity contribution in [2.75, 3.05) is 17.2 Å². The van der Waals surface area contributed by atoms with E-state index in [1.807, 2.05) is 24.3 Å². The Balaban J connectivity index is 2.05. The van der Waals surface area contributed by atoms with Gasteiger partial charge in [0.1, 0.15) is 6.04 Å². The zero-order valence-electron chi connectivity index (χ0n) is 11.0. The highest BCUT2D eigenvalue weighted by molar-refractivity contribution is 5.89. The van der Waals surface area contributed by atoms with Crippen molar-refractivity contribution in [2.45, 2.75) is 32.2 Å². The van der Waals surface area contributed by atoms with Crippen molar-refractivity contribution >= 4 is 23.2 Å². The van der Waals surface area contributed by atoms with Gasteiger partial charge in [-0.15, -0.1) is 0 Å². The first kappa shape index (κ1) is 13.4. The summed E-state index contributed by atoms with van der Waals surface area (Å²) in [4.78, 5) is 22.9. The van der Waals surface area contributed by atoms with Crippen molar-refractivity contribution in [3.63, 3.8) is 0 Å². The molecular formula is C14H19N3O2. The normalized spacial score (nSPS) is 19.2. The summed E-state index contributed by atoms with van der Waals surface area (Å²) >= 11 is 0. The van der Waals surface area contributed by atoms with Crippen LogP contribution in [0.3, 0.4) is 0 Å². The third kappa shape index (κ3) is 3.98. The monoisotopic (exact) mass is 261 g/mol. The summed E-state index contributed by atoms with van der Waals surface area (Å²) in [6.07, 6.45) is 2.88. The molecule has 1 aliphatic heterocycles. The van der Waals surface area contributed by atoms with E-state index in [1.54, 1.807) is 0 Å². The molecule has 1 aliphatic rings. The number of carbonyl (C=O) groups excluding carboxylic acids is 2. The Hall–Kier alpha value is -2.04. The van der Waals surface area contributed by atoms with Gasteiger partial charge in [0.15, 0.2) is 0 Å². The first-order valence-corrected chi connectivity index (χ1v) is 6.57. The van der Waals surface area contributed by atoms with Crippen molar-refractivity contribution in [3.05, 3.63) is 24.3 Å². The highest BCUT2D eigenvalue weighted by Gasteiger charge is 2.20. The molecule has 0 aliphatic carbocycles. The van der Waals surface area contributed by atoms with E-state index >= 15 is 0 Å². The molecule has 5 heteroatoms. The van der Waals surface area contributed by atoms with Crippen LogP contribution in [0.4, 0.5) is 11.4 Å². The van der Waals surface area contributed by atoms with Crippen LogP contribution in [-0.2, 0) is 9.59 Å².